The maximum absolute atomic E-state index is 12.9. The van der Waals surface area contributed by atoms with Crippen LogP contribution in [0.4, 0.5) is 13.2 Å². The molecular formula is C22H31F3N4. The molecule has 1 aromatic carbocycles. The number of alkyl halides is 3. The van der Waals surface area contributed by atoms with Gasteiger partial charge in [0.25, 0.3) is 0 Å². The summed E-state index contributed by atoms with van der Waals surface area (Å²) in [6.07, 6.45) is 2.59. The van der Waals surface area contributed by atoms with Gasteiger partial charge < -0.3 is 9.47 Å². The second-order valence-corrected chi connectivity index (χ2v) is 8.08. The number of halogens is 3. The van der Waals surface area contributed by atoms with E-state index in [9.17, 15) is 13.2 Å². The van der Waals surface area contributed by atoms with Crippen molar-refractivity contribution in [2.75, 3.05) is 33.2 Å². The Kier molecular flexibility index (Phi) is 7.35. The van der Waals surface area contributed by atoms with E-state index < -0.39 is 11.7 Å². The fourth-order valence-corrected chi connectivity index (χ4v) is 4.22. The summed E-state index contributed by atoms with van der Waals surface area (Å²) in [5.74, 6) is 1.67. The third-order valence-corrected chi connectivity index (χ3v) is 5.70. The van der Waals surface area contributed by atoms with Crippen molar-refractivity contribution >= 4 is 0 Å². The summed E-state index contributed by atoms with van der Waals surface area (Å²) in [4.78, 5) is 9.18. The van der Waals surface area contributed by atoms with Crippen LogP contribution in [-0.2, 0) is 25.7 Å². The number of likely N-dealkylation sites (tertiary alicyclic amines) is 1. The van der Waals surface area contributed by atoms with E-state index in [0.717, 1.165) is 63.1 Å². The molecule has 4 nitrogen and oxygen atoms in total. The number of hydrogen-bond donors (Lipinski definition) is 0. The molecule has 1 atom stereocenters. The van der Waals surface area contributed by atoms with Crippen LogP contribution in [0.3, 0.4) is 0 Å². The summed E-state index contributed by atoms with van der Waals surface area (Å²) in [5, 5.41) is 0. The first-order valence-corrected chi connectivity index (χ1v) is 10.4. The first kappa shape index (κ1) is 21.8. The van der Waals surface area contributed by atoms with E-state index in [-0.39, 0.29) is 0 Å². The molecule has 0 amide bonds. The molecule has 160 valence electrons. The minimum Gasteiger partial charge on any atom is -0.334 e. The highest BCUT2D eigenvalue weighted by Crippen LogP contribution is 2.29. The van der Waals surface area contributed by atoms with Gasteiger partial charge in [-0.25, -0.2) is 4.98 Å². The van der Waals surface area contributed by atoms with E-state index >= 15 is 0 Å². The van der Waals surface area contributed by atoms with Crippen molar-refractivity contribution in [2.45, 2.75) is 45.5 Å². The SMILES string of the molecule is CCn1ccnc1CN(C)CC1CCCN(CCc2cccc(C(F)(F)F)c2)C1. The van der Waals surface area contributed by atoms with Gasteiger partial charge in [0.15, 0.2) is 0 Å². The zero-order valence-corrected chi connectivity index (χ0v) is 17.3. The van der Waals surface area contributed by atoms with Gasteiger partial charge in [-0.05, 0) is 57.3 Å². The number of imidazole rings is 1. The van der Waals surface area contributed by atoms with Gasteiger partial charge in [0.2, 0.25) is 0 Å². The van der Waals surface area contributed by atoms with Gasteiger partial charge in [-0.1, -0.05) is 18.2 Å². The van der Waals surface area contributed by atoms with Crippen molar-refractivity contribution in [2.24, 2.45) is 5.92 Å². The van der Waals surface area contributed by atoms with E-state index in [1.807, 2.05) is 12.4 Å². The van der Waals surface area contributed by atoms with Crippen molar-refractivity contribution in [1.82, 2.24) is 19.4 Å². The smallest absolute Gasteiger partial charge is 0.334 e. The van der Waals surface area contributed by atoms with Gasteiger partial charge >= 0.3 is 6.18 Å². The standard InChI is InChI=1S/C22H31F3N4/c1-3-29-13-10-26-21(29)17-27(2)15-19-7-5-11-28(16-19)12-9-18-6-4-8-20(14-18)22(23,24)25/h4,6,8,10,13-14,19H,3,5,7,9,11-12,15-17H2,1-2H3. The highest BCUT2D eigenvalue weighted by Gasteiger charge is 2.30. The van der Waals surface area contributed by atoms with Crippen LogP contribution in [0, 0.1) is 5.92 Å². The zero-order chi connectivity index (χ0) is 20.9. The van der Waals surface area contributed by atoms with E-state index in [4.69, 9.17) is 0 Å². The van der Waals surface area contributed by atoms with Gasteiger partial charge in [0.1, 0.15) is 5.82 Å². The van der Waals surface area contributed by atoms with Crippen LogP contribution < -0.4 is 0 Å². The molecule has 0 bridgehead atoms. The molecule has 0 N–H and O–H groups in total. The molecule has 2 heterocycles. The van der Waals surface area contributed by atoms with Crippen LogP contribution in [0.1, 0.15) is 36.7 Å². The summed E-state index contributed by atoms with van der Waals surface area (Å²) < 4.78 is 40.9. The second-order valence-electron chi connectivity index (χ2n) is 8.08. The molecule has 0 saturated carbocycles. The molecule has 1 unspecified atom stereocenters. The Labute approximate surface area is 171 Å². The van der Waals surface area contributed by atoms with Gasteiger partial charge in [0, 0.05) is 38.6 Å². The number of aromatic nitrogens is 2. The number of nitrogens with zero attached hydrogens (tertiary/aromatic N) is 4. The summed E-state index contributed by atoms with van der Waals surface area (Å²) >= 11 is 0. The van der Waals surface area contributed by atoms with Crippen LogP contribution in [0.15, 0.2) is 36.7 Å². The molecule has 1 aliphatic heterocycles. The predicted octanol–water partition coefficient (Wildman–Crippen LogP) is 4.31. The fraction of sp³-hybridized carbons (Fsp3) is 0.591. The first-order chi connectivity index (χ1) is 13.8. The molecule has 1 saturated heterocycles. The number of piperidine rings is 1. The lowest BCUT2D eigenvalue weighted by atomic mass is 9.97. The lowest BCUT2D eigenvalue weighted by molar-refractivity contribution is -0.137. The Bertz CT molecular complexity index is 771. The van der Waals surface area contributed by atoms with Crippen LogP contribution in [0.2, 0.25) is 0 Å². The van der Waals surface area contributed by atoms with Crippen molar-refractivity contribution in [1.29, 1.82) is 0 Å². The second kappa shape index (κ2) is 9.76. The van der Waals surface area contributed by atoms with Gasteiger partial charge in [0.05, 0.1) is 12.1 Å². The largest absolute Gasteiger partial charge is 0.416 e. The average Bonchev–Trinajstić information content (AvgIpc) is 3.13. The molecule has 0 aliphatic carbocycles. The fourth-order valence-electron chi connectivity index (χ4n) is 4.22. The minimum atomic E-state index is -4.27. The van der Waals surface area contributed by atoms with Crippen LogP contribution in [0.5, 0.6) is 0 Å². The maximum Gasteiger partial charge on any atom is 0.416 e. The Morgan fingerprint density at radius 3 is 2.86 bits per heavy atom. The predicted molar refractivity (Wildman–Crippen MR) is 109 cm³/mol. The summed E-state index contributed by atoms with van der Waals surface area (Å²) in [7, 11) is 2.14. The monoisotopic (exact) mass is 408 g/mol. The Morgan fingerprint density at radius 1 is 1.28 bits per heavy atom. The van der Waals surface area contributed by atoms with Crippen LogP contribution >= 0.6 is 0 Å². The molecule has 1 aromatic heterocycles. The first-order valence-electron chi connectivity index (χ1n) is 10.4. The molecule has 29 heavy (non-hydrogen) atoms. The Morgan fingerprint density at radius 2 is 2.10 bits per heavy atom. The molecule has 0 radical (unpaired) electrons. The van der Waals surface area contributed by atoms with E-state index in [2.05, 4.69) is 33.3 Å². The highest BCUT2D eigenvalue weighted by molar-refractivity contribution is 5.25. The quantitative estimate of drug-likeness (QED) is 0.651. The molecule has 1 aliphatic rings. The molecule has 0 spiro atoms. The topological polar surface area (TPSA) is 24.3 Å². The average molecular weight is 409 g/mol. The molecule has 7 heteroatoms. The number of hydrogen-bond acceptors (Lipinski definition) is 3. The van der Waals surface area contributed by atoms with Gasteiger partial charge in [-0.15, -0.1) is 0 Å². The van der Waals surface area contributed by atoms with Crippen molar-refractivity contribution < 1.29 is 13.2 Å². The molecular weight excluding hydrogens is 377 g/mol. The zero-order valence-electron chi connectivity index (χ0n) is 17.3. The van der Waals surface area contributed by atoms with Crippen molar-refractivity contribution in [3.8, 4) is 0 Å². The minimum absolute atomic E-state index is 0.557. The third kappa shape index (κ3) is 6.31. The Balaban J connectivity index is 1.48. The van der Waals surface area contributed by atoms with Crippen molar-refractivity contribution in [3.05, 3.63) is 53.6 Å². The van der Waals surface area contributed by atoms with E-state index in [1.54, 1.807) is 6.07 Å². The highest BCUT2D eigenvalue weighted by atomic mass is 19.4. The molecule has 1 fully saturated rings. The Hall–Kier alpha value is -1.86. The lowest BCUT2D eigenvalue weighted by Crippen LogP contribution is -2.41. The van der Waals surface area contributed by atoms with Gasteiger partial charge in [-0.2, -0.15) is 13.2 Å². The van der Waals surface area contributed by atoms with Crippen LogP contribution in [0.25, 0.3) is 0 Å². The lowest BCUT2D eigenvalue weighted by Gasteiger charge is -2.34. The van der Waals surface area contributed by atoms with Crippen LogP contribution in [-0.4, -0.2) is 52.6 Å². The van der Waals surface area contributed by atoms with E-state index in [0.29, 0.717) is 12.3 Å². The number of aryl methyl sites for hydroxylation is 1. The summed E-state index contributed by atoms with van der Waals surface area (Å²) in [5.41, 5.74) is 0.198. The van der Waals surface area contributed by atoms with Crippen molar-refractivity contribution in [3.63, 3.8) is 0 Å². The summed E-state index contributed by atoms with van der Waals surface area (Å²) in [6, 6.07) is 5.72. The molecule has 2 aromatic rings. The number of benzene rings is 1. The van der Waals surface area contributed by atoms with E-state index in [1.165, 1.54) is 18.6 Å². The molecule has 3 rings (SSSR count). The normalized spacial score (nSPS) is 18.5. The maximum atomic E-state index is 12.9. The number of rotatable bonds is 8. The van der Waals surface area contributed by atoms with Gasteiger partial charge in [-0.3, -0.25) is 4.90 Å². The summed E-state index contributed by atoms with van der Waals surface area (Å²) in [6.45, 7) is 7.73. The third-order valence-electron chi connectivity index (χ3n) is 5.70.